The molecule has 0 radical (unpaired) electrons. The summed E-state index contributed by atoms with van der Waals surface area (Å²) in [5, 5.41) is 7.91. The standard InChI is InChI=1S/C7H6N2.2C2H6/c1-2-4-7-6(3-1)5-8-9-7;2*1-2/h1-5H,(H,8,9);2*1-2H3. The van der Waals surface area contributed by atoms with Crippen LogP contribution in [0.2, 0.25) is 0 Å². The molecule has 2 heteroatoms. The third-order valence-corrected chi connectivity index (χ3v) is 1.35. The Labute approximate surface area is 80.0 Å². The van der Waals surface area contributed by atoms with Crippen molar-refractivity contribution in [3.63, 3.8) is 0 Å². The lowest BCUT2D eigenvalue weighted by atomic mass is 10.3. The van der Waals surface area contributed by atoms with Gasteiger partial charge in [0.15, 0.2) is 0 Å². The second-order valence-corrected chi connectivity index (χ2v) is 1.96. The van der Waals surface area contributed by atoms with Crippen LogP contribution in [0.5, 0.6) is 0 Å². The van der Waals surface area contributed by atoms with Gasteiger partial charge in [0.05, 0.1) is 11.7 Å². The lowest BCUT2D eigenvalue weighted by molar-refractivity contribution is 1.12. The van der Waals surface area contributed by atoms with Crippen LogP contribution in [0.4, 0.5) is 0 Å². The second kappa shape index (κ2) is 7.35. The van der Waals surface area contributed by atoms with Gasteiger partial charge in [-0.05, 0) is 6.07 Å². The van der Waals surface area contributed by atoms with Crippen molar-refractivity contribution in [1.82, 2.24) is 10.2 Å². The third-order valence-electron chi connectivity index (χ3n) is 1.35. The Kier molecular flexibility index (Phi) is 6.60. The topological polar surface area (TPSA) is 28.7 Å². The molecule has 72 valence electrons. The van der Waals surface area contributed by atoms with Gasteiger partial charge in [-0.3, -0.25) is 5.10 Å². The number of nitrogens with one attached hydrogen (secondary N) is 1. The lowest BCUT2D eigenvalue weighted by Gasteiger charge is -1.81. The number of fused-ring (bicyclic) bond motifs is 1. The molecule has 2 rings (SSSR count). The molecule has 0 fully saturated rings. The van der Waals surface area contributed by atoms with Crippen molar-refractivity contribution in [3.8, 4) is 0 Å². The molecule has 2 aromatic rings. The van der Waals surface area contributed by atoms with Gasteiger partial charge in [0.2, 0.25) is 0 Å². The van der Waals surface area contributed by atoms with Crippen molar-refractivity contribution in [3.05, 3.63) is 30.5 Å². The third kappa shape index (κ3) is 3.28. The van der Waals surface area contributed by atoms with Gasteiger partial charge in [0.1, 0.15) is 0 Å². The smallest absolute Gasteiger partial charge is 0.0650 e. The van der Waals surface area contributed by atoms with Crippen LogP contribution in [0, 0.1) is 0 Å². The molecule has 0 atom stereocenters. The first-order valence-corrected chi connectivity index (χ1v) is 4.85. The fourth-order valence-electron chi connectivity index (χ4n) is 0.883. The number of nitrogens with zero attached hydrogens (tertiary/aromatic N) is 1. The van der Waals surface area contributed by atoms with Crippen molar-refractivity contribution in [2.24, 2.45) is 0 Å². The highest BCUT2D eigenvalue weighted by atomic mass is 15.1. The Balaban J connectivity index is 0.000000322. The largest absolute Gasteiger partial charge is 0.278 e. The van der Waals surface area contributed by atoms with E-state index in [9.17, 15) is 0 Å². The quantitative estimate of drug-likeness (QED) is 0.655. The molecule has 1 aromatic carbocycles. The summed E-state index contributed by atoms with van der Waals surface area (Å²) in [5.41, 5.74) is 1.09. The van der Waals surface area contributed by atoms with Crippen LogP contribution >= 0.6 is 0 Å². The van der Waals surface area contributed by atoms with Crippen LogP contribution in [0.15, 0.2) is 30.5 Å². The van der Waals surface area contributed by atoms with Crippen molar-refractivity contribution in [2.75, 3.05) is 0 Å². The molecule has 0 unspecified atom stereocenters. The number of hydrogen-bond donors (Lipinski definition) is 1. The lowest BCUT2D eigenvalue weighted by Crippen LogP contribution is -1.63. The normalized spacial score (nSPS) is 8.00. The van der Waals surface area contributed by atoms with Crippen molar-refractivity contribution in [1.29, 1.82) is 0 Å². The molecule has 0 aliphatic rings. The van der Waals surface area contributed by atoms with E-state index < -0.39 is 0 Å². The highest BCUT2D eigenvalue weighted by molar-refractivity contribution is 5.77. The molecule has 0 bridgehead atoms. The summed E-state index contributed by atoms with van der Waals surface area (Å²) in [6, 6.07) is 8.01. The van der Waals surface area contributed by atoms with Gasteiger partial charge in [0, 0.05) is 5.39 Å². The molecule has 13 heavy (non-hydrogen) atoms. The number of rotatable bonds is 0. The zero-order valence-corrected chi connectivity index (χ0v) is 8.83. The van der Waals surface area contributed by atoms with Crippen LogP contribution in [0.25, 0.3) is 10.9 Å². The molecular weight excluding hydrogens is 160 g/mol. The highest BCUT2D eigenvalue weighted by Gasteiger charge is 1.88. The van der Waals surface area contributed by atoms with Gasteiger partial charge < -0.3 is 0 Å². The molecule has 2 nitrogen and oxygen atoms in total. The molecule has 1 N–H and O–H groups in total. The first-order chi connectivity index (χ1) is 6.47. The minimum Gasteiger partial charge on any atom is -0.278 e. The number of para-hydroxylation sites is 1. The van der Waals surface area contributed by atoms with Crippen LogP contribution in [0.1, 0.15) is 27.7 Å². The van der Waals surface area contributed by atoms with Crippen molar-refractivity contribution < 1.29 is 0 Å². The Bertz CT molecular complexity index is 282. The van der Waals surface area contributed by atoms with E-state index in [0.29, 0.717) is 0 Å². The Morgan fingerprint density at radius 3 is 2.23 bits per heavy atom. The fourth-order valence-corrected chi connectivity index (χ4v) is 0.883. The maximum Gasteiger partial charge on any atom is 0.0650 e. The van der Waals surface area contributed by atoms with Gasteiger partial charge in [-0.25, -0.2) is 0 Å². The summed E-state index contributed by atoms with van der Waals surface area (Å²) in [5.74, 6) is 0. The van der Waals surface area contributed by atoms with Gasteiger partial charge in [0.25, 0.3) is 0 Å². The number of aromatic amines is 1. The maximum atomic E-state index is 3.88. The summed E-state index contributed by atoms with van der Waals surface area (Å²) in [7, 11) is 0. The summed E-state index contributed by atoms with van der Waals surface area (Å²) in [6.45, 7) is 8.00. The van der Waals surface area contributed by atoms with Gasteiger partial charge in [-0.1, -0.05) is 45.9 Å². The minimum atomic E-state index is 1.09. The zero-order valence-electron chi connectivity index (χ0n) is 8.83. The molecule has 0 aliphatic heterocycles. The zero-order chi connectivity index (χ0) is 10.1. The van der Waals surface area contributed by atoms with Crippen LogP contribution in [0.3, 0.4) is 0 Å². The molecule has 0 amide bonds. The van der Waals surface area contributed by atoms with Gasteiger partial charge in [-0.15, -0.1) is 0 Å². The van der Waals surface area contributed by atoms with Crippen molar-refractivity contribution >= 4 is 10.9 Å². The fraction of sp³-hybridized carbons (Fsp3) is 0.364. The van der Waals surface area contributed by atoms with Crippen molar-refractivity contribution in [2.45, 2.75) is 27.7 Å². The van der Waals surface area contributed by atoms with E-state index in [1.165, 1.54) is 0 Å². The molecule has 1 aromatic heterocycles. The number of hydrogen-bond acceptors (Lipinski definition) is 1. The van der Waals surface area contributed by atoms with E-state index in [4.69, 9.17) is 0 Å². The van der Waals surface area contributed by atoms with Crippen LogP contribution in [-0.2, 0) is 0 Å². The first-order valence-electron chi connectivity index (χ1n) is 4.85. The number of aromatic nitrogens is 2. The SMILES string of the molecule is CC.CC.c1ccc2[nH]ncc2c1. The van der Waals surface area contributed by atoms with E-state index in [1.54, 1.807) is 0 Å². The predicted octanol–water partition coefficient (Wildman–Crippen LogP) is 3.62. The van der Waals surface area contributed by atoms with E-state index in [1.807, 2.05) is 58.2 Å². The summed E-state index contributed by atoms with van der Waals surface area (Å²) >= 11 is 0. The molecule has 0 aliphatic carbocycles. The maximum absolute atomic E-state index is 3.88. The Hall–Kier alpha value is -1.31. The molecular formula is C11H18N2. The highest BCUT2D eigenvalue weighted by Crippen LogP contribution is 2.06. The van der Waals surface area contributed by atoms with E-state index in [2.05, 4.69) is 10.2 Å². The van der Waals surface area contributed by atoms with E-state index >= 15 is 0 Å². The average molecular weight is 178 g/mol. The molecule has 0 saturated heterocycles. The summed E-state index contributed by atoms with van der Waals surface area (Å²) < 4.78 is 0. The average Bonchev–Trinajstić information content (AvgIpc) is 2.71. The monoisotopic (exact) mass is 178 g/mol. The minimum absolute atomic E-state index is 1.09. The number of benzene rings is 1. The Morgan fingerprint density at radius 2 is 1.62 bits per heavy atom. The van der Waals surface area contributed by atoms with Crippen LogP contribution < -0.4 is 0 Å². The second-order valence-electron chi connectivity index (χ2n) is 1.96. The Morgan fingerprint density at radius 1 is 1.00 bits per heavy atom. The van der Waals surface area contributed by atoms with Gasteiger partial charge >= 0.3 is 0 Å². The van der Waals surface area contributed by atoms with Crippen LogP contribution in [-0.4, -0.2) is 10.2 Å². The summed E-state index contributed by atoms with van der Waals surface area (Å²) in [6.07, 6.45) is 1.81. The van der Waals surface area contributed by atoms with E-state index in [0.717, 1.165) is 10.9 Å². The molecule has 1 heterocycles. The van der Waals surface area contributed by atoms with E-state index in [-0.39, 0.29) is 0 Å². The molecule has 0 saturated carbocycles. The number of H-pyrrole nitrogens is 1. The predicted molar refractivity (Wildman–Crippen MR) is 58.8 cm³/mol. The summed E-state index contributed by atoms with van der Waals surface area (Å²) in [4.78, 5) is 0. The van der Waals surface area contributed by atoms with Gasteiger partial charge in [-0.2, -0.15) is 5.10 Å². The first kappa shape index (κ1) is 11.7. The molecule has 0 spiro atoms.